The Hall–Kier alpha value is -1.11. The van der Waals surface area contributed by atoms with Crippen molar-refractivity contribution in [2.75, 3.05) is 0 Å². The van der Waals surface area contributed by atoms with Gasteiger partial charge in [0.1, 0.15) is 0 Å². The first-order chi connectivity index (χ1) is 6.83. The van der Waals surface area contributed by atoms with Crippen molar-refractivity contribution in [3.05, 3.63) is 29.3 Å². The van der Waals surface area contributed by atoms with E-state index in [1.807, 2.05) is 0 Å². The maximum absolute atomic E-state index is 4.16. The zero-order valence-corrected chi connectivity index (χ0v) is 9.21. The average molecular weight is 189 g/mol. The van der Waals surface area contributed by atoms with Gasteiger partial charge in [0.05, 0.1) is 5.69 Å². The Morgan fingerprint density at radius 1 is 1.07 bits per heavy atom. The maximum atomic E-state index is 4.16. The lowest BCUT2D eigenvalue weighted by Gasteiger charge is -2.09. The topological polar surface area (TPSA) is 12.4 Å². The van der Waals surface area contributed by atoms with Crippen molar-refractivity contribution in [1.29, 1.82) is 0 Å². The van der Waals surface area contributed by atoms with Crippen molar-refractivity contribution >= 4 is 12.4 Å². The van der Waals surface area contributed by atoms with E-state index < -0.39 is 0 Å². The van der Waals surface area contributed by atoms with E-state index in [2.05, 4.69) is 43.8 Å². The van der Waals surface area contributed by atoms with Crippen molar-refractivity contribution in [1.82, 2.24) is 0 Å². The Morgan fingerprint density at radius 2 is 1.57 bits per heavy atom. The summed E-state index contributed by atoms with van der Waals surface area (Å²) in [7, 11) is 0. The van der Waals surface area contributed by atoms with E-state index in [1.54, 1.807) is 0 Å². The molecule has 0 spiro atoms. The third kappa shape index (κ3) is 2.44. The molecule has 0 bridgehead atoms. The van der Waals surface area contributed by atoms with Crippen LogP contribution >= 0.6 is 0 Å². The Kier molecular flexibility index (Phi) is 4.37. The zero-order chi connectivity index (χ0) is 10.4. The molecule has 0 atom stereocenters. The Balaban J connectivity index is 3.04. The van der Waals surface area contributed by atoms with Crippen LogP contribution in [0.3, 0.4) is 0 Å². The molecule has 0 aliphatic carbocycles. The molecule has 14 heavy (non-hydrogen) atoms. The highest BCUT2D eigenvalue weighted by Gasteiger charge is 2.04. The molecule has 0 N–H and O–H groups in total. The summed E-state index contributed by atoms with van der Waals surface area (Å²) in [4.78, 5) is 4.16. The van der Waals surface area contributed by atoms with Gasteiger partial charge in [0, 0.05) is 0 Å². The highest BCUT2D eigenvalue weighted by molar-refractivity contribution is 5.57. The predicted molar refractivity (Wildman–Crippen MR) is 63.6 cm³/mol. The molecule has 0 aromatic heterocycles. The molecule has 1 nitrogen and oxygen atoms in total. The lowest BCUT2D eigenvalue weighted by atomic mass is 10.0. The summed E-state index contributed by atoms with van der Waals surface area (Å²) in [5.74, 6) is 0. The standard InChI is InChI=1S/C13H19N/c1-4-7-11-9-6-10-12(8-5-2)13(11)14-3/h6,9-10H,3-5,7-8H2,1-2H3. The summed E-state index contributed by atoms with van der Waals surface area (Å²) >= 11 is 0. The smallest absolute Gasteiger partial charge is 0.0686 e. The number of para-hydroxylation sites is 1. The van der Waals surface area contributed by atoms with E-state index in [9.17, 15) is 0 Å². The Morgan fingerprint density at radius 3 is 1.93 bits per heavy atom. The van der Waals surface area contributed by atoms with Gasteiger partial charge in [-0.15, -0.1) is 0 Å². The number of nitrogens with zero attached hydrogens (tertiary/aromatic N) is 1. The molecule has 0 fully saturated rings. The molecule has 0 heterocycles. The molecule has 0 radical (unpaired) electrons. The number of hydrogen-bond donors (Lipinski definition) is 0. The number of aryl methyl sites for hydroxylation is 2. The van der Waals surface area contributed by atoms with Crippen molar-refractivity contribution in [3.8, 4) is 0 Å². The number of benzene rings is 1. The van der Waals surface area contributed by atoms with Crippen LogP contribution in [-0.2, 0) is 12.8 Å². The average Bonchev–Trinajstić information content (AvgIpc) is 2.19. The van der Waals surface area contributed by atoms with Crippen LogP contribution in [0.4, 0.5) is 5.69 Å². The van der Waals surface area contributed by atoms with Crippen LogP contribution in [0.1, 0.15) is 37.8 Å². The molecule has 0 saturated carbocycles. The minimum atomic E-state index is 1.10. The van der Waals surface area contributed by atoms with Crippen molar-refractivity contribution < 1.29 is 0 Å². The summed E-state index contributed by atoms with van der Waals surface area (Å²) in [5, 5.41) is 0. The van der Waals surface area contributed by atoms with Crippen molar-refractivity contribution in [2.24, 2.45) is 4.99 Å². The van der Waals surface area contributed by atoms with Gasteiger partial charge in [-0.25, -0.2) is 0 Å². The molecule has 0 amide bonds. The van der Waals surface area contributed by atoms with E-state index in [0.717, 1.165) is 31.4 Å². The number of aliphatic imine (C=N–C) groups is 1. The van der Waals surface area contributed by atoms with Gasteiger partial charge in [0.2, 0.25) is 0 Å². The van der Waals surface area contributed by atoms with E-state index in [0.29, 0.717) is 0 Å². The first kappa shape index (κ1) is 11.0. The zero-order valence-electron chi connectivity index (χ0n) is 9.21. The molecule has 0 aliphatic rings. The number of hydrogen-bond acceptors (Lipinski definition) is 1. The van der Waals surface area contributed by atoms with Gasteiger partial charge in [0.15, 0.2) is 0 Å². The van der Waals surface area contributed by atoms with Gasteiger partial charge < -0.3 is 0 Å². The molecular formula is C13H19N. The second-order valence-electron chi connectivity index (χ2n) is 3.58. The summed E-state index contributed by atoms with van der Waals surface area (Å²) in [6.07, 6.45) is 4.54. The molecular weight excluding hydrogens is 170 g/mol. The molecule has 1 rings (SSSR count). The molecule has 0 unspecified atom stereocenters. The van der Waals surface area contributed by atoms with E-state index in [4.69, 9.17) is 0 Å². The summed E-state index contributed by atoms with van der Waals surface area (Å²) in [5.41, 5.74) is 3.80. The normalized spacial score (nSPS) is 10.1. The molecule has 1 heteroatoms. The minimum Gasteiger partial charge on any atom is -0.264 e. The summed E-state index contributed by atoms with van der Waals surface area (Å²) in [6, 6.07) is 6.45. The molecule has 1 aromatic rings. The fourth-order valence-corrected chi connectivity index (χ4v) is 1.79. The third-order valence-electron chi connectivity index (χ3n) is 2.40. The Bertz CT molecular complexity index is 278. The Labute approximate surface area is 86.9 Å². The monoisotopic (exact) mass is 189 g/mol. The largest absolute Gasteiger partial charge is 0.264 e. The van der Waals surface area contributed by atoms with Gasteiger partial charge in [-0.3, -0.25) is 4.99 Å². The quantitative estimate of drug-likeness (QED) is 0.622. The van der Waals surface area contributed by atoms with Crippen LogP contribution in [0.25, 0.3) is 0 Å². The molecule has 76 valence electrons. The third-order valence-corrected chi connectivity index (χ3v) is 2.40. The van der Waals surface area contributed by atoms with Crippen LogP contribution in [0.5, 0.6) is 0 Å². The predicted octanol–water partition coefficient (Wildman–Crippen LogP) is 3.92. The van der Waals surface area contributed by atoms with E-state index >= 15 is 0 Å². The second-order valence-corrected chi connectivity index (χ2v) is 3.58. The van der Waals surface area contributed by atoms with Crippen LogP contribution in [-0.4, -0.2) is 6.72 Å². The SMILES string of the molecule is C=Nc1c(CCC)cccc1CCC. The highest BCUT2D eigenvalue weighted by atomic mass is 14.7. The fourth-order valence-electron chi connectivity index (χ4n) is 1.79. The van der Waals surface area contributed by atoms with Crippen LogP contribution in [0, 0.1) is 0 Å². The summed E-state index contributed by atoms with van der Waals surface area (Å²) < 4.78 is 0. The van der Waals surface area contributed by atoms with Gasteiger partial charge in [-0.05, 0) is 30.7 Å². The van der Waals surface area contributed by atoms with Crippen molar-refractivity contribution in [3.63, 3.8) is 0 Å². The molecule has 0 saturated heterocycles. The van der Waals surface area contributed by atoms with E-state index in [-0.39, 0.29) is 0 Å². The lowest BCUT2D eigenvalue weighted by molar-refractivity contribution is 0.896. The lowest BCUT2D eigenvalue weighted by Crippen LogP contribution is -1.90. The van der Waals surface area contributed by atoms with Gasteiger partial charge in [-0.1, -0.05) is 44.9 Å². The first-order valence-electron chi connectivity index (χ1n) is 5.41. The van der Waals surface area contributed by atoms with Gasteiger partial charge in [0.25, 0.3) is 0 Å². The van der Waals surface area contributed by atoms with E-state index in [1.165, 1.54) is 11.1 Å². The van der Waals surface area contributed by atoms with Crippen molar-refractivity contribution in [2.45, 2.75) is 39.5 Å². The molecule has 1 aromatic carbocycles. The highest BCUT2D eigenvalue weighted by Crippen LogP contribution is 2.26. The maximum Gasteiger partial charge on any atom is 0.0686 e. The number of rotatable bonds is 5. The van der Waals surface area contributed by atoms with Crippen LogP contribution < -0.4 is 0 Å². The first-order valence-corrected chi connectivity index (χ1v) is 5.41. The van der Waals surface area contributed by atoms with Crippen LogP contribution in [0.15, 0.2) is 23.2 Å². The minimum absolute atomic E-state index is 1.10. The molecule has 0 aliphatic heterocycles. The fraction of sp³-hybridized carbons (Fsp3) is 0.462. The van der Waals surface area contributed by atoms with Gasteiger partial charge >= 0.3 is 0 Å². The second kappa shape index (κ2) is 5.58. The summed E-state index contributed by atoms with van der Waals surface area (Å²) in [6.45, 7) is 8.05. The van der Waals surface area contributed by atoms with Crippen LogP contribution in [0.2, 0.25) is 0 Å². The van der Waals surface area contributed by atoms with Gasteiger partial charge in [-0.2, -0.15) is 0 Å².